The number of hydrogen-bond donors (Lipinski definition) is 1. The van der Waals surface area contributed by atoms with Crippen molar-refractivity contribution in [3.8, 4) is 11.5 Å². The van der Waals surface area contributed by atoms with Gasteiger partial charge in [0.2, 0.25) is 5.91 Å². The van der Waals surface area contributed by atoms with Gasteiger partial charge in [-0.15, -0.1) is 0 Å². The molecular formula is C16H23NO5S. The number of benzene rings is 1. The van der Waals surface area contributed by atoms with Crippen LogP contribution in [0.25, 0.3) is 0 Å². The SMILES string of the molecule is CCC(C)(C)NC(=O)CCS(=O)(=O)c1ccc2c(c1)OCCO2. The summed E-state index contributed by atoms with van der Waals surface area (Å²) in [7, 11) is -3.55. The van der Waals surface area contributed by atoms with Crippen molar-refractivity contribution < 1.29 is 22.7 Å². The van der Waals surface area contributed by atoms with Crippen LogP contribution >= 0.6 is 0 Å². The van der Waals surface area contributed by atoms with Crippen LogP contribution in [0.3, 0.4) is 0 Å². The van der Waals surface area contributed by atoms with Crippen LogP contribution in [0.5, 0.6) is 11.5 Å². The molecule has 23 heavy (non-hydrogen) atoms. The predicted octanol–water partition coefficient (Wildman–Crippen LogP) is 1.93. The van der Waals surface area contributed by atoms with Crippen molar-refractivity contribution in [3.63, 3.8) is 0 Å². The van der Waals surface area contributed by atoms with Crippen molar-refractivity contribution in [1.29, 1.82) is 0 Å². The number of ether oxygens (including phenoxy) is 2. The second-order valence-corrected chi connectivity index (χ2v) is 8.27. The Morgan fingerprint density at radius 2 is 1.87 bits per heavy atom. The molecule has 0 aromatic heterocycles. The molecule has 0 fully saturated rings. The van der Waals surface area contributed by atoms with Gasteiger partial charge in [-0.05, 0) is 32.4 Å². The minimum Gasteiger partial charge on any atom is -0.486 e. The van der Waals surface area contributed by atoms with Crippen molar-refractivity contribution in [2.45, 2.75) is 44.0 Å². The van der Waals surface area contributed by atoms with Crippen LogP contribution in [-0.2, 0) is 14.6 Å². The minimum atomic E-state index is -3.55. The van der Waals surface area contributed by atoms with Gasteiger partial charge in [-0.25, -0.2) is 8.42 Å². The first-order chi connectivity index (χ1) is 10.7. The first kappa shape index (κ1) is 17.6. The minimum absolute atomic E-state index is 0.0692. The van der Waals surface area contributed by atoms with Gasteiger partial charge in [0.25, 0.3) is 0 Å². The van der Waals surface area contributed by atoms with Gasteiger partial charge in [0, 0.05) is 18.0 Å². The van der Waals surface area contributed by atoms with Gasteiger partial charge in [-0.1, -0.05) is 6.92 Å². The van der Waals surface area contributed by atoms with Crippen LogP contribution in [-0.4, -0.2) is 38.8 Å². The van der Waals surface area contributed by atoms with Gasteiger partial charge in [0.05, 0.1) is 10.6 Å². The Bertz CT molecular complexity index is 682. The zero-order valence-corrected chi connectivity index (χ0v) is 14.5. The van der Waals surface area contributed by atoms with E-state index in [1.54, 1.807) is 6.07 Å². The highest BCUT2D eigenvalue weighted by molar-refractivity contribution is 7.91. The highest BCUT2D eigenvalue weighted by atomic mass is 32.2. The molecule has 1 heterocycles. The maximum Gasteiger partial charge on any atom is 0.221 e. The normalized spacial score (nSPS) is 14.4. The molecule has 0 spiro atoms. The van der Waals surface area contributed by atoms with E-state index in [9.17, 15) is 13.2 Å². The Morgan fingerprint density at radius 1 is 1.22 bits per heavy atom. The summed E-state index contributed by atoms with van der Waals surface area (Å²) >= 11 is 0. The third-order valence-corrected chi connectivity index (χ3v) is 5.55. The van der Waals surface area contributed by atoms with Gasteiger partial charge < -0.3 is 14.8 Å². The summed E-state index contributed by atoms with van der Waals surface area (Å²) in [6.07, 6.45) is 0.702. The molecule has 0 unspecified atom stereocenters. The smallest absolute Gasteiger partial charge is 0.221 e. The molecule has 1 aliphatic heterocycles. The van der Waals surface area contributed by atoms with E-state index in [1.165, 1.54) is 12.1 Å². The van der Waals surface area contributed by atoms with Crippen molar-refractivity contribution >= 4 is 15.7 Å². The van der Waals surface area contributed by atoms with Crippen molar-refractivity contribution in [2.75, 3.05) is 19.0 Å². The number of hydrogen-bond acceptors (Lipinski definition) is 5. The standard InChI is InChI=1S/C16H23NO5S/c1-4-16(2,3)17-15(18)7-10-23(19,20)12-5-6-13-14(11-12)22-9-8-21-13/h5-6,11H,4,7-10H2,1-3H3,(H,17,18). The molecule has 1 N–H and O–H groups in total. The molecule has 1 amide bonds. The lowest BCUT2D eigenvalue weighted by atomic mass is 10.0. The third kappa shape index (κ3) is 4.60. The number of amides is 1. The molecule has 0 saturated heterocycles. The van der Waals surface area contributed by atoms with Crippen LogP contribution in [0.2, 0.25) is 0 Å². The Morgan fingerprint density at radius 3 is 2.52 bits per heavy atom. The molecule has 7 heteroatoms. The van der Waals surface area contributed by atoms with Crippen molar-refractivity contribution in [3.05, 3.63) is 18.2 Å². The van der Waals surface area contributed by atoms with E-state index < -0.39 is 9.84 Å². The molecule has 0 saturated carbocycles. The maximum atomic E-state index is 12.4. The quantitative estimate of drug-likeness (QED) is 0.855. The van der Waals surface area contributed by atoms with Gasteiger partial charge in [-0.2, -0.15) is 0 Å². The van der Waals surface area contributed by atoms with Gasteiger partial charge in [0.1, 0.15) is 13.2 Å². The van der Waals surface area contributed by atoms with Crippen LogP contribution in [0.4, 0.5) is 0 Å². The van der Waals surface area contributed by atoms with Crippen LogP contribution in [0.15, 0.2) is 23.1 Å². The average Bonchev–Trinajstić information content (AvgIpc) is 2.52. The Balaban J connectivity index is 2.03. The first-order valence-corrected chi connectivity index (χ1v) is 9.32. The first-order valence-electron chi connectivity index (χ1n) is 7.67. The highest BCUT2D eigenvalue weighted by Gasteiger charge is 2.22. The Kier molecular flexibility index (Phi) is 5.19. The van der Waals surface area contributed by atoms with Crippen LogP contribution in [0.1, 0.15) is 33.6 Å². The monoisotopic (exact) mass is 341 g/mol. The fourth-order valence-electron chi connectivity index (χ4n) is 2.09. The van der Waals surface area contributed by atoms with E-state index in [0.717, 1.165) is 6.42 Å². The third-order valence-electron chi connectivity index (χ3n) is 3.83. The lowest BCUT2D eigenvalue weighted by Crippen LogP contribution is -2.43. The summed E-state index contributed by atoms with van der Waals surface area (Å²) < 4.78 is 35.5. The number of carbonyl (C=O) groups is 1. The Labute approximate surface area is 137 Å². The molecule has 0 aliphatic carbocycles. The highest BCUT2D eigenvalue weighted by Crippen LogP contribution is 2.32. The maximum absolute atomic E-state index is 12.4. The predicted molar refractivity (Wildman–Crippen MR) is 86.6 cm³/mol. The average molecular weight is 341 g/mol. The molecule has 0 radical (unpaired) electrons. The molecule has 6 nitrogen and oxygen atoms in total. The van der Waals surface area contributed by atoms with Crippen LogP contribution in [0, 0.1) is 0 Å². The number of fused-ring (bicyclic) bond motifs is 1. The van der Waals surface area contributed by atoms with Crippen LogP contribution < -0.4 is 14.8 Å². The molecular weight excluding hydrogens is 318 g/mol. The molecule has 1 aliphatic rings. The van der Waals surface area contributed by atoms with E-state index >= 15 is 0 Å². The summed E-state index contributed by atoms with van der Waals surface area (Å²) in [6, 6.07) is 4.52. The van der Waals surface area contributed by atoms with Crippen molar-refractivity contribution in [2.24, 2.45) is 0 Å². The van der Waals surface area contributed by atoms with Gasteiger partial charge in [-0.3, -0.25) is 4.79 Å². The number of carbonyl (C=O) groups excluding carboxylic acids is 1. The largest absolute Gasteiger partial charge is 0.486 e. The molecule has 0 atom stereocenters. The summed E-state index contributed by atoms with van der Waals surface area (Å²) in [4.78, 5) is 12.1. The summed E-state index contributed by atoms with van der Waals surface area (Å²) in [5.74, 6) is 0.461. The topological polar surface area (TPSA) is 81.7 Å². The zero-order chi connectivity index (χ0) is 17.1. The molecule has 1 aromatic rings. The number of sulfone groups is 1. The van der Waals surface area contributed by atoms with Crippen molar-refractivity contribution in [1.82, 2.24) is 5.32 Å². The lowest BCUT2D eigenvalue weighted by Gasteiger charge is -2.24. The number of rotatable bonds is 6. The second kappa shape index (κ2) is 6.78. The fraction of sp³-hybridized carbons (Fsp3) is 0.562. The molecule has 1 aromatic carbocycles. The van der Waals surface area contributed by atoms with E-state index in [0.29, 0.717) is 24.7 Å². The number of nitrogens with one attached hydrogen (secondary N) is 1. The second-order valence-electron chi connectivity index (χ2n) is 6.16. The Hall–Kier alpha value is -1.76. The summed E-state index contributed by atoms with van der Waals surface area (Å²) in [6.45, 7) is 6.62. The van der Waals surface area contributed by atoms with Gasteiger partial charge >= 0.3 is 0 Å². The lowest BCUT2D eigenvalue weighted by molar-refractivity contribution is -0.122. The van der Waals surface area contributed by atoms with E-state index in [-0.39, 0.29) is 28.5 Å². The summed E-state index contributed by atoms with van der Waals surface area (Å²) in [5.41, 5.74) is -0.335. The van der Waals surface area contributed by atoms with E-state index in [1.807, 2.05) is 20.8 Å². The molecule has 2 rings (SSSR count). The molecule has 128 valence electrons. The van der Waals surface area contributed by atoms with Gasteiger partial charge in [0.15, 0.2) is 21.3 Å². The van der Waals surface area contributed by atoms with E-state index in [2.05, 4.69) is 5.32 Å². The van der Waals surface area contributed by atoms with E-state index in [4.69, 9.17) is 9.47 Å². The molecule has 0 bridgehead atoms. The fourth-order valence-corrected chi connectivity index (χ4v) is 3.34. The zero-order valence-electron chi connectivity index (χ0n) is 13.7. The summed E-state index contributed by atoms with van der Waals surface area (Å²) in [5, 5.41) is 2.83.